The van der Waals surface area contributed by atoms with Gasteiger partial charge in [-0.05, 0) is 0 Å². The fourth-order valence-electron chi connectivity index (χ4n) is 0.177. The van der Waals surface area contributed by atoms with E-state index in [0.29, 0.717) is 0 Å². The highest BCUT2D eigenvalue weighted by atomic mass is 16.4. The van der Waals surface area contributed by atoms with Crippen molar-refractivity contribution in [3.8, 4) is 0 Å². The number of carboxylic acids is 2. The molecule has 3 N–H and O–H groups in total. The van der Waals surface area contributed by atoms with E-state index < -0.39 is 17.7 Å². The summed E-state index contributed by atoms with van der Waals surface area (Å²) < 4.78 is 0. The molecular formula is C3H3NO5. The third kappa shape index (κ3) is 1.76. The van der Waals surface area contributed by atoms with Gasteiger partial charge in [0.15, 0.2) is 0 Å². The maximum atomic E-state index is 9.70. The van der Waals surface area contributed by atoms with Crippen LogP contribution in [0.5, 0.6) is 0 Å². The number of carbonyl (C=O) groups is 2. The van der Waals surface area contributed by atoms with E-state index >= 15 is 0 Å². The minimum atomic E-state index is -1.77. The Balaban J connectivity index is 4.38. The normalized spacial score (nSPS) is 8.00. The van der Waals surface area contributed by atoms with Gasteiger partial charge in [0, 0.05) is 0 Å². The lowest BCUT2D eigenvalue weighted by molar-refractivity contribution is -0.134. The van der Waals surface area contributed by atoms with Crippen LogP contribution in [0, 0.1) is 0 Å². The predicted octanol–water partition coefficient (Wildman–Crippen LogP) is -1.01. The fraction of sp³-hybridized carbons (Fsp3) is 0. The van der Waals surface area contributed by atoms with E-state index in [4.69, 9.17) is 15.4 Å². The van der Waals surface area contributed by atoms with Gasteiger partial charge in [-0.1, -0.05) is 5.16 Å². The van der Waals surface area contributed by atoms with Crippen LogP contribution in [0.3, 0.4) is 0 Å². The van der Waals surface area contributed by atoms with E-state index in [1.165, 1.54) is 0 Å². The Morgan fingerprint density at radius 3 is 1.44 bits per heavy atom. The average Bonchev–Trinajstić information content (AvgIpc) is 1.64. The Bertz CT molecular complexity index is 155. The van der Waals surface area contributed by atoms with Crippen molar-refractivity contribution in [2.24, 2.45) is 5.16 Å². The highest BCUT2D eigenvalue weighted by Crippen LogP contribution is 1.76. The molecule has 50 valence electrons. The number of rotatable bonds is 2. The first-order chi connectivity index (χ1) is 4.09. The lowest BCUT2D eigenvalue weighted by Crippen LogP contribution is -2.22. The SMILES string of the molecule is O=C(O)C(=NO)C(=O)O. The van der Waals surface area contributed by atoms with Gasteiger partial charge < -0.3 is 15.4 Å². The summed E-state index contributed by atoms with van der Waals surface area (Å²) in [7, 11) is 0. The van der Waals surface area contributed by atoms with Gasteiger partial charge in [0.25, 0.3) is 5.71 Å². The summed E-state index contributed by atoms with van der Waals surface area (Å²) in [6.45, 7) is 0. The van der Waals surface area contributed by atoms with Crippen LogP contribution >= 0.6 is 0 Å². The van der Waals surface area contributed by atoms with Crippen molar-refractivity contribution in [2.75, 3.05) is 0 Å². The van der Waals surface area contributed by atoms with Gasteiger partial charge in [-0.2, -0.15) is 0 Å². The zero-order valence-electron chi connectivity index (χ0n) is 4.11. The van der Waals surface area contributed by atoms with E-state index in [9.17, 15) is 9.59 Å². The maximum absolute atomic E-state index is 9.70. The minimum absolute atomic E-state index is 1.30. The second kappa shape index (κ2) is 2.65. The van der Waals surface area contributed by atoms with E-state index in [2.05, 4.69) is 0 Å². The van der Waals surface area contributed by atoms with Crippen LogP contribution in [0.2, 0.25) is 0 Å². The van der Waals surface area contributed by atoms with Crippen molar-refractivity contribution in [2.45, 2.75) is 0 Å². The molecule has 0 saturated carbocycles. The second-order valence-corrected chi connectivity index (χ2v) is 1.06. The molecule has 6 nitrogen and oxygen atoms in total. The molecule has 6 heteroatoms. The van der Waals surface area contributed by atoms with Gasteiger partial charge in [0.2, 0.25) is 0 Å². The Morgan fingerprint density at radius 2 is 1.44 bits per heavy atom. The standard InChI is InChI=1S/C3H3NO5/c5-2(6)1(4-9)3(7)8/h9H,(H,5,6)(H,7,8). The molecule has 0 unspecified atom stereocenters. The molecule has 0 bridgehead atoms. The lowest BCUT2D eigenvalue weighted by atomic mass is 10.4. The molecule has 0 aromatic carbocycles. The molecule has 0 aromatic heterocycles. The van der Waals surface area contributed by atoms with Crippen LogP contribution in [0.25, 0.3) is 0 Å². The van der Waals surface area contributed by atoms with E-state index in [0.717, 1.165) is 0 Å². The quantitative estimate of drug-likeness (QED) is 0.193. The summed E-state index contributed by atoms with van der Waals surface area (Å²) in [6.07, 6.45) is 0. The Morgan fingerprint density at radius 1 is 1.11 bits per heavy atom. The summed E-state index contributed by atoms with van der Waals surface area (Å²) >= 11 is 0. The minimum Gasteiger partial charge on any atom is -0.476 e. The third-order valence-electron chi connectivity index (χ3n) is 0.505. The van der Waals surface area contributed by atoms with Crippen LogP contribution in [0.4, 0.5) is 0 Å². The van der Waals surface area contributed by atoms with Gasteiger partial charge in [-0.15, -0.1) is 0 Å². The van der Waals surface area contributed by atoms with Crippen molar-refractivity contribution in [3.63, 3.8) is 0 Å². The molecule has 0 aromatic rings. The van der Waals surface area contributed by atoms with Gasteiger partial charge in [-0.3, -0.25) is 0 Å². The zero-order valence-corrected chi connectivity index (χ0v) is 4.11. The molecule has 0 radical (unpaired) electrons. The number of carboxylic acid groups (broad SMARTS) is 2. The smallest absolute Gasteiger partial charge is 0.365 e. The number of nitrogens with zero attached hydrogens (tertiary/aromatic N) is 1. The molecule has 0 saturated heterocycles. The van der Waals surface area contributed by atoms with Crippen LogP contribution in [0.1, 0.15) is 0 Å². The number of oxime groups is 1. The van der Waals surface area contributed by atoms with Gasteiger partial charge in [-0.25, -0.2) is 9.59 Å². The van der Waals surface area contributed by atoms with Crippen molar-refractivity contribution in [1.82, 2.24) is 0 Å². The molecule has 9 heavy (non-hydrogen) atoms. The van der Waals surface area contributed by atoms with E-state index in [1.807, 2.05) is 5.16 Å². The van der Waals surface area contributed by atoms with Gasteiger partial charge in [0.1, 0.15) is 0 Å². The fourth-order valence-corrected chi connectivity index (χ4v) is 0.177. The number of aliphatic carboxylic acids is 2. The zero-order chi connectivity index (χ0) is 7.44. The summed E-state index contributed by atoms with van der Waals surface area (Å²) in [5.74, 6) is -3.55. The number of hydrogen-bond donors (Lipinski definition) is 3. The van der Waals surface area contributed by atoms with Crippen molar-refractivity contribution in [1.29, 1.82) is 0 Å². The first-order valence-electron chi connectivity index (χ1n) is 1.78. The largest absolute Gasteiger partial charge is 0.476 e. The predicted molar refractivity (Wildman–Crippen MR) is 24.5 cm³/mol. The molecule has 0 rings (SSSR count). The topological polar surface area (TPSA) is 107 Å². The molecule has 0 aliphatic carbocycles. The van der Waals surface area contributed by atoms with Gasteiger partial charge in [0.05, 0.1) is 0 Å². The van der Waals surface area contributed by atoms with Crippen LogP contribution in [-0.2, 0) is 9.59 Å². The first-order valence-corrected chi connectivity index (χ1v) is 1.78. The van der Waals surface area contributed by atoms with Crippen molar-refractivity contribution in [3.05, 3.63) is 0 Å². The molecule has 0 atom stereocenters. The second-order valence-electron chi connectivity index (χ2n) is 1.06. The first kappa shape index (κ1) is 7.41. The maximum Gasteiger partial charge on any atom is 0.365 e. The molecule has 0 aliphatic rings. The lowest BCUT2D eigenvalue weighted by Gasteiger charge is -1.86. The number of hydrogen-bond acceptors (Lipinski definition) is 4. The van der Waals surface area contributed by atoms with Crippen LogP contribution in [-0.4, -0.2) is 33.1 Å². The summed E-state index contributed by atoms with van der Waals surface area (Å²) in [6, 6.07) is 0. The highest BCUT2D eigenvalue weighted by molar-refractivity contribution is 6.61. The molecule has 0 amide bonds. The summed E-state index contributed by atoms with van der Waals surface area (Å²) in [5.41, 5.74) is -1.30. The Kier molecular flexibility index (Phi) is 2.18. The van der Waals surface area contributed by atoms with Crippen LogP contribution in [0.15, 0.2) is 5.16 Å². The molecular weight excluding hydrogens is 130 g/mol. The summed E-state index contributed by atoms with van der Waals surface area (Å²) in [4.78, 5) is 19.4. The molecule has 0 spiro atoms. The average molecular weight is 133 g/mol. The van der Waals surface area contributed by atoms with Crippen molar-refractivity contribution >= 4 is 17.7 Å². The molecule has 0 fully saturated rings. The van der Waals surface area contributed by atoms with E-state index in [1.54, 1.807) is 0 Å². The van der Waals surface area contributed by atoms with Crippen LogP contribution < -0.4 is 0 Å². The van der Waals surface area contributed by atoms with E-state index in [-0.39, 0.29) is 0 Å². The molecule has 0 heterocycles. The Hall–Kier alpha value is -1.59. The van der Waals surface area contributed by atoms with Gasteiger partial charge >= 0.3 is 11.9 Å². The monoisotopic (exact) mass is 133 g/mol. The Labute approximate surface area is 49.0 Å². The highest BCUT2D eigenvalue weighted by Gasteiger charge is 2.18. The van der Waals surface area contributed by atoms with Crippen molar-refractivity contribution < 1.29 is 25.0 Å². The summed E-state index contributed by atoms with van der Waals surface area (Å²) in [5, 5.41) is 25.4. The third-order valence-corrected chi connectivity index (χ3v) is 0.505. The molecule has 0 aliphatic heterocycles.